The topological polar surface area (TPSA) is 89.3 Å². The standard InChI is InChI=1S/C31H26N2O6/c1-4-11-32-22-8-6-5-7-21(22)31(30(32)36)26-27(34)20-12-17(2)18(3)13-24(20)39-28(26)29(35)33(31)15-19-9-10-23-25(14-19)38-16-37-23/h5-10,12-14H,4,11,15-16H2,1-3H3. The fourth-order valence-corrected chi connectivity index (χ4v) is 6.13. The van der Waals surface area contributed by atoms with Gasteiger partial charge in [-0.25, -0.2) is 0 Å². The average molecular weight is 523 g/mol. The van der Waals surface area contributed by atoms with Gasteiger partial charge >= 0.3 is 0 Å². The fraction of sp³-hybridized carbons (Fsp3) is 0.258. The van der Waals surface area contributed by atoms with Crippen molar-refractivity contribution in [2.45, 2.75) is 39.3 Å². The van der Waals surface area contributed by atoms with Crippen LogP contribution in [0.3, 0.4) is 0 Å². The van der Waals surface area contributed by atoms with Crippen LogP contribution >= 0.6 is 0 Å². The summed E-state index contributed by atoms with van der Waals surface area (Å²) >= 11 is 0. The van der Waals surface area contributed by atoms with Gasteiger partial charge in [-0.1, -0.05) is 31.2 Å². The second-order valence-electron chi connectivity index (χ2n) is 10.3. The van der Waals surface area contributed by atoms with Crippen LogP contribution in [0, 0.1) is 13.8 Å². The van der Waals surface area contributed by atoms with E-state index in [0.29, 0.717) is 46.7 Å². The number of fused-ring (bicyclic) bond motifs is 6. The molecule has 8 heteroatoms. The van der Waals surface area contributed by atoms with Gasteiger partial charge in [-0.05, 0) is 67.3 Å². The van der Waals surface area contributed by atoms with Crippen LogP contribution in [-0.2, 0) is 16.9 Å². The zero-order valence-corrected chi connectivity index (χ0v) is 21.9. The van der Waals surface area contributed by atoms with E-state index in [9.17, 15) is 14.4 Å². The molecule has 1 spiro atoms. The van der Waals surface area contributed by atoms with Crippen molar-refractivity contribution >= 4 is 28.5 Å². The van der Waals surface area contributed by atoms with Crippen molar-refractivity contribution in [1.29, 1.82) is 0 Å². The smallest absolute Gasteiger partial charge is 0.291 e. The molecular weight excluding hydrogens is 496 g/mol. The predicted octanol–water partition coefficient (Wildman–Crippen LogP) is 4.79. The molecule has 0 bridgehead atoms. The number of benzene rings is 3. The Morgan fingerprint density at radius 2 is 1.69 bits per heavy atom. The summed E-state index contributed by atoms with van der Waals surface area (Å²) < 4.78 is 17.2. The molecule has 0 fully saturated rings. The number of carbonyl (C=O) groups excluding carboxylic acids is 2. The molecule has 3 aliphatic rings. The number of rotatable bonds is 4. The van der Waals surface area contributed by atoms with Crippen LogP contribution in [0.4, 0.5) is 5.69 Å². The largest absolute Gasteiger partial charge is 0.454 e. The Labute approximate surface area is 224 Å². The minimum Gasteiger partial charge on any atom is -0.454 e. The van der Waals surface area contributed by atoms with E-state index in [2.05, 4.69) is 0 Å². The number of amides is 2. The number of aryl methyl sites for hydroxylation is 2. The summed E-state index contributed by atoms with van der Waals surface area (Å²) in [5.41, 5.74) is 2.31. The van der Waals surface area contributed by atoms with E-state index >= 15 is 0 Å². The Balaban J connectivity index is 1.53. The number of para-hydroxylation sites is 1. The SMILES string of the molecule is CCCN1C(=O)C2(c3ccccc31)c1c(oc3cc(C)c(C)cc3c1=O)C(=O)N2Cc1ccc2c(c1)OCO2. The van der Waals surface area contributed by atoms with Gasteiger partial charge in [0.25, 0.3) is 11.8 Å². The monoisotopic (exact) mass is 522 g/mol. The quantitative estimate of drug-likeness (QED) is 0.383. The van der Waals surface area contributed by atoms with Gasteiger partial charge in [-0.15, -0.1) is 0 Å². The Bertz CT molecular complexity index is 1790. The molecular formula is C31H26N2O6. The molecule has 4 heterocycles. The highest BCUT2D eigenvalue weighted by Gasteiger charge is 2.64. The molecule has 196 valence electrons. The van der Waals surface area contributed by atoms with Gasteiger partial charge in [-0.3, -0.25) is 14.4 Å². The van der Waals surface area contributed by atoms with Crippen molar-refractivity contribution in [3.05, 3.63) is 98.4 Å². The molecule has 8 nitrogen and oxygen atoms in total. The summed E-state index contributed by atoms with van der Waals surface area (Å²) in [5, 5.41) is 0.355. The molecule has 0 saturated heterocycles. The second-order valence-corrected chi connectivity index (χ2v) is 10.3. The van der Waals surface area contributed by atoms with Crippen LogP contribution in [0.15, 0.2) is 63.8 Å². The number of ether oxygens (including phenoxy) is 2. The molecule has 1 unspecified atom stereocenters. The number of hydrogen-bond acceptors (Lipinski definition) is 6. The van der Waals surface area contributed by atoms with Gasteiger partial charge in [0.1, 0.15) is 5.58 Å². The molecule has 1 aromatic heterocycles. The molecule has 3 aromatic carbocycles. The predicted molar refractivity (Wildman–Crippen MR) is 144 cm³/mol. The highest BCUT2D eigenvalue weighted by atomic mass is 16.7. The molecule has 0 saturated carbocycles. The maximum atomic E-state index is 14.6. The van der Waals surface area contributed by atoms with Crippen molar-refractivity contribution < 1.29 is 23.5 Å². The molecule has 0 N–H and O–H groups in total. The summed E-state index contributed by atoms with van der Waals surface area (Å²) in [5.74, 6) is 0.283. The third-order valence-corrected chi connectivity index (χ3v) is 8.08. The molecule has 39 heavy (non-hydrogen) atoms. The van der Waals surface area contributed by atoms with Crippen LogP contribution in [0.25, 0.3) is 11.0 Å². The van der Waals surface area contributed by atoms with Crippen molar-refractivity contribution in [1.82, 2.24) is 4.90 Å². The molecule has 0 aliphatic carbocycles. The van der Waals surface area contributed by atoms with Gasteiger partial charge in [0.2, 0.25) is 12.6 Å². The van der Waals surface area contributed by atoms with Crippen LogP contribution in [-0.4, -0.2) is 30.1 Å². The zero-order valence-electron chi connectivity index (χ0n) is 21.9. The minimum absolute atomic E-state index is 0.0630. The lowest BCUT2D eigenvalue weighted by atomic mass is 9.83. The van der Waals surface area contributed by atoms with Crippen LogP contribution in [0.1, 0.15) is 51.7 Å². The molecule has 7 rings (SSSR count). The highest BCUT2D eigenvalue weighted by Crippen LogP contribution is 2.53. The highest BCUT2D eigenvalue weighted by molar-refractivity contribution is 6.17. The summed E-state index contributed by atoms with van der Waals surface area (Å²) in [6.07, 6.45) is 0.712. The Kier molecular flexibility index (Phi) is 4.95. The normalized spacial score (nSPS) is 18.9. The number of carbonyl (C=O) groups is 2. The van der Waals surface area contributed by atoms with Crippen molar-refractivity contribution in [3.8, 4) is 11.5 Å². The lowest BCUT2D eigenvalue weighted by Crippen LogP contribution is -2.53. The first-order valence-electron chi connectivity index (χ1n) is 13.1. The zero-order chi connectivity index (χ0) is 27.1. The fourth-order valence-electron chi connectivity index (χ4n) is 6.13. The number of nitrogens with zero attached hydrogens (tertiary/aromatic N) is 2. The van der Waals surface area contributed by atoms with E-state index in [1.165, 1.54) is 4.90 Å². The maximum Gasteiger partial charge on any atom is 0.291 e. The van der Waals surface area contributed by atoms with E-state index in [1.807, 2.05) is 51.1 Å². The van der Waals surface area contributed by atoms with Crippen molar-refractivity contribution in [2.75, 3.05) is 18.2 Å². The molecule has 2 amide bonds. The maximum absolute atomic E-state index is 14.6. The molecule has 0 radical (unpaired) electrons. The van der Waals surface area contributed by atoms with E-state index < -0.39 is 11.4 Å². The summed E-state index contributed by atoms with van der Waals surface area (Å²) in [4.78, 5) is 46.3. The Morgan fingerprint density at radius 3 is 2.51 bits per heavy atom. The van der Waals surface area contributed by atoms with Gasteiger partial charge < -0.3 is 23.7 Å². The van der Waals surface area contributed by atoms with Crippen molar-refractivity contribution in [2.24, 2.45) is 0 Å². The van der Waals surface area contributed by atoms with Crippen molar-refractivity contribution in [3.63, 3.8) is 0 Å². The van der Waals surface area contributed by atoms with Gasteiger partial charge in [-0.2, -0.15) is 0 Å². The van der Waals surface area contributed by atoms with Crippen LogP contribution in [0.2, 0.25) is 0 Å². The summed E-state index contributed by atoms with van der Waals surface area (Å²) in [6.45, 7) is 6.48. The first-order valence-corrected chi connectivity index (χ1v) is 13.1. The first-order chi connectivity index (χ1) is 18.9. The minimum atomic E-state index is -1.65. The lowest BCUT2D eigenvalue weighted by molar-refractivity contribution is -0.126. The van der Waals surface area contributed by atoms with Gasteiger partial charge in [0.15, 0.2) is 22.5 Å². The van der Waals surface area contributed by atoms with E-state index in [-0.39, 0.29) is 36.0 Å². The number of hydrogen-bond donors (Lipinski definition) is 0. The van der Waals surface area contributed by atoms with Crippen LogP contribution < -0.4 is 19.8 Å². The number of anilines is 1. The Hall–Kier alpha value is -4.59. The third-order valence-electron chi connectivity index (χ3n) is 8.08. The van der Waals surface area contributed by atoms with E-state index in [0.717, 1.165) is 16.7 Å². The Morgan fingerprint density at radius 1 is 0.923 bits per heavy atom. The summed E-state index contributed by atoms with van der Waals surface area (Å²) in [7, 11) is 0. The molecule has 1 atom stereocenters. The average Bonchev–Trinajstić information content (AvgIpc) is 3.56. The molecule has 3 aliphatic heterocycles. The van der Waals surface area contributed by atoms with Gasteiger partial charge in [0.05, 0.1) is 16.6 Å². The van der Waals surface area contributed by atoms with Gasteiger partial charge in [0, 0.05) is 18.7 Å². The lowest BCUT2D eigenvalue weighted by Gasteiger charge is -2.34. The van der Waals surface area contributed by atoms with E-state index in [4.69, 9.17) is 13.9 Å². The van der Waals surface area contributed by atoms with E-state index in [1.54, 1.807) is 29.2 Å². The summed E-state index contributed by atoms with van der Waals surface area (Å²) in [6, 6.07) is 16.4. The van der Waals surface area contributed by atoms with Crippen LogP contribution in [0.5, 0.6) is 11.5 Å². The molecule has 4 aromatic rings. The first kappa shape index (κ1) is 23.5. The third kappa shape index (κ3) is 3.02. The second kappa shape index (κ2) is 8.20.